The topological polar surface area (TPSA) is 41.6 Å². The van der Waals surface area contributed by atoms with Crippen molar-refractivity contribution >= 4 is 5.91 Å². The van der Waals surface area contributed by atoms with Crippen molar-refractivity contribution in [2.45, 2.75) is 25.8 Å². The molecule has 4 nitrogen and oxygen atoms in total. The highest BCUT2D eigenvalue weighted by atomic mass is 16.5. The van der Waals surface area contributed by atoms with E-state index in [0.717, 1.165) is 32.5 Å². The minimum Gasteiger partial charge on any atom is -0.385 e. The third-order valence-electron chi connectivity index (χ3n) is 3.71. The predicted molar refractivity (Wildman–Crippen MR) is 79.5 cm³/mol. The minimum atomic E-state index is 0.139. The maximum absolute atomic E-state index is 11.7. The Balaban J connectivity index is 1.67. The van der Waals surface area contributed by atoms with E-state index < -0.39 is 0 Å². The number of nitrogens with zero attached hydrogens (tertiary/aromatic N) is 1. The summed E-state index contributed by atoms with van der Waals surface area (Å²) in [7, 11) is 1.68. The quantitative estimate of drug-likeness (QED) is 0.769. The molecule has 0 atom stereocenters. The Morgan fingerprint density at radius 1 is 1.35 bits per heavy atom. The van der Waals surface area contributed by atoms with E-state index in [4.69, 9.17) is 4.74 Å². The van der Waals surface area contributed by atoms with Crippen LogP contribution in [0, 0.1) is 0 Å². The van der Waals surface area contributed by atoms with Crippen LogP contribution in [0.15, 0.2) is 24.3 Å². The van der Waals surface area contributed by atoms with E-state index in [-0.39, 0.29) is 5.91 Å². The fraction of sp³-hybridized carbons (Fsp3) is 0.562. The normalized spacial score (nSPS) is 14.8. The number of methoxy groups -OCH3 is 1. The molecule has 1 aromatic rings. The standard InChI is InChI=1S/C16H24N2O2/c1-20-12-4-9-17-16(19)8-11-18-10-7-14-5-2-3-6-15(14)13-18/h2-3,5-6H,4,7-13H2,1H3,(H,17,19). The zero-order chi connectivity index (χ0) is 14.2. The summed E-state index contributed by atoms with van der Waals surface area (Å²) >= 11 is 0. The smallest absolute Gasteiger partial charge is 0.221 e. The van der Waals surface area contributed by atoms with E-state index in [1.807, 2.05) is 0 Å². The zero-order valence-corrected chi connectivity index (χ0v) is 12.2. The molecule has 0 saturated carbocycles. The first-order valence-electron chi connectivity index (χ1n) is 7.34. The van der Waals surface area contributed by atoms with Crippen LogP contribution in [-0.2, 0) is 22.5 Å². The second kappa shape index (κ2) is 8.02. The van der Waals surface area contributed by atoms with Crippen LogP contribution >= 0.6 is 0 Å². The van der Waals surface area contributed by atoms with Crippen LogP contribution in [0.1, 0.15) is 24.0 Å². The molecule has 1 aromatic carbocycles. The number of amides is 1. The average molecular weight is 276 g/mol. The van der Waals surface area contributed by atoms with E-state index in [9.17, 15) is 4.79 Å². The molecule has 20 heavy (non-hydrogen) atoms. The Hall–Kier alpha value is -1.39. The van der Waals surface area contributed by atoms with Crippen LogP contribution in [-0.4, -0.2) is 44.2 Å². The van der Waals surface area contributed by atoms with Gasteiger partial charge in [0.25, 0.3) is 0 Å². The molecule has 1 aliphatic rings. The Morgan fingerprint density at radius 2 is 2.15 bits per heavy atom. The summed E-state index contributed by atoms with van der Waals surface area (Å²) in [4.78, 5) is 14.1. The van der Waals surface area contributed by atoms with Gasteiger partial charge in [-0.15, -0.1) is 0 Å². The molecule has 1 amide bonds. The molecule has 1 heterocycles. The fourth-order valence-electron chi connectivity index (χ4n) is 2.54. The van der Waals surface area contributed by atoms with Crippen LogP contribution in [0.25, 0.3) is 0 Å². The summed E-state index contributed by atoms with van der Waals surface area (Å²) in [6.07, 6.45) is 2.54. The van der Waals surface area contributed by atoms with Gasteiger partial charge in [0.1, 0.15) is 0 Å². The largest absolute Gasteiger partial charge is 0.385 e. The van der Waals surface area contributed by atoms with Crippen molar-refractivity contribution in [3.8, 4) is 0 Å². The zero-order valence-electron chi connectivity index (χ0n) is 12.2. The first-order valence-corrected chi connectivity index (χ1v) is 7.34. The molecule has 0 fully saturated rings. The van der Waals surface area contributed by atoms with E-state index in [1.54, 1.807) is 7.11 Å². The minimum absolute atomic E-state index is 0.139. The number of rotatable bonds is 7. The highest BCUT2D eigenvalue weighted by Gasteiger charge is 2.16. The highest BCUT2D eigenvalue weighted by Crippen LogP contribution is 2.18. The first-order chi connectivity index (χ1) is 9.79. The van der Waals surface area contributed by atoms with Crippen LogP contribution < -0.4 is 5.32 Å². The number of benzene rings is 1. The molecule has 0 aliphatic carbocycles. The molecule has 0 unspecified atom stereocenters. The molecule has 4 heteroatoms. The Labute approximate surface area is 121 Å². The van der Waals surface area contributed by atoms with Crippen molar-refractivity contribution in [1.29, 1.82) is 0 Å². The summed E-state index contributed by atoms with van der Waals surface area (Å²) < 4.78 is 4.95. The summed E-state index contributed by atoms with van der Waals surface area (Å²) in [5.41, 5.74) is 2.85. The van der Waals surface area contributed by atoms with Gasteiger partial charge in [-0.2, -0.15) is 0 Å². The Bertz CT molecular complexity index is 434. The summed E-state index contributed by atoms with van der Waals surface area (Å²) in [6.45, 7) is 4.25. The fourth-order valence-corrected chi connectivity index (χ4v) is 2.54. The molecule has 110 valence electrons. The van der Waals surface area contributed by atoms with Crippen molar-refractivity contribution in [2.24, 2.45) is 0 Å². The second-order valence-corrected chi connectivity index (χ2v) is 5.24. The van der Waals surface area contributed by atoms with E-state index in [0.29, 0.717) is 19.6 Å². The molecular formula is C16H24N2O2. The SMILES string of the molecule is COCCCNC(=O)CCN1CCc2ccccc2C1. The average Bonchev–Trinajstić information content (AvgIpc) is 2.49. The van der Waals surface area contributed by atoms with Gasteiger partial charge in [0.2, 0.25) is 5.91 Å². The maximum Gasteiger partial charge on any atom is 0.221 e. The first kappa shape index (κ1) is 15.0. The lowest BCUT2D eigenvalue weighted by Crippen LogP contribution is -2.34. The highest BCUT2D eigenvalue weighted by molar-refractivity contribution is 5.76. The summed E-state index contributed by atoms with van der Waals surface area (Å²) in [5, 5.41) is 2.93. The predicted octanol–water partition coefficient (Wildman–Crippen LogP) is 1.59. The van der Waals surface area contributed by atoms with Crippen molar-refractivity contribution in [3.05, 3.63) is 35.4 Å². The lowest BCUT2D eigenvalue weighted by molar-refractivity contribution is -0.121. The van der Waals surface area contributed by atoms with Crippen LogP contribution in [0.3, 0.4) is 0 Å². The van der Waals surface area contributed by atoms with Gasteiger partial charge in [0, 0.05) is 46.3 Å². The van der Waals surface area contributed by atoms with Crippen LogP contribution in [0.5, 0.6) is 0 Å². The molecule has 0 bridgehead atoms. The number of ether oxygens (including phenoxy) is 1. The number of nitrogens with one attached hydrogen (secondary N) is 1. The number of carbonyl (C=O) groups excluding carboxylic acids is 1. The molecule has 0 radical (unpaired) electrons. The molecular weight excluding hydrogens is 252 g/mol. The molecule has 0 saturated heterocycles. The third kappa shape index (κ3) is 4.62. The van der Waals surface area contributed by atoms with Crippen molar-refractivity contribution < 1.29 is 9.53 Å². The molecule has 1 aliphatic heterocycles. The van der Waals surface area contributed by atoms with E-state index in [1.165, 1.54) is 11.1 Å². The monoisotopic (exact) mass is 276 g/mol. The van der Waals surface area contributed by atoms with Gasteiger partial charge in [-0.25, -0.2) is 0 Å². The molecule has 0 spiro atoms. The van der Waals surface area contributed by atoms with Gasteiger partial charge >= 0.3 is 0 Å². The van der Waals surface area contributed by atoms with Gasteiger partial charge in [0.15, 0.2) is 0 Å². The number of fused-ring (bicyclic) bond motifs is 1. The van der Waals surface area contributed by atoms with Gasteiger partial charge in [-0.3, -0.25) is 9.69 Å². The van der Waals surface area contributed by atoms with Crippen LogP contribution in [0.2, 0.25) is 0 Å². The van der Waals surface area contributed by atoms with Crippen molar-refractivity contribution in [3.63, 3.8) is 0 Å². The lowest BCUT2D eigenvalue weighted by Gasteiger charge is -2.28. The lowest BCUT2D eigenvalue weighted by atomic mass is 10.00. The molecule has 2 rings (SSSR count). The van der Waals surface area contributed by atoms with Gasteiger partial charge in [0.05, 0.1) is 0 Å². The van der Waals surface area contributed by atoms with Gasteiger partial charge in [-0.1, -0.05) is 24.3 Å². The molecule has 0 aromatic heterocycles. The van der Waals surface area contributed by atoms with E-state index in [2.05, 4.69) is 34.5 Å². The van der Waals surface area contributed by atoms with E-state index >= 15 is 0 Å². The summed E-state index contributed by atoms with van der Waals surface area (Å²) in [5.74, 6) is 0.139. The van der Waals surface area contributed by atoms with Gasteiger partial charge < -0.3 is 10.1 Å². The van der Waals surface area contributed by atoms with Crippen LogP contribution in [0.4, 0.5) is 0 Å². The maximum atomic E-state index is 11.7. The summed E-state index contributed by atoms with van der Waals surface area (Å²) in [6, 6.07) is 8.58. The number of hydrogen-bond donors (Lipinski definition) is 1. The van der Waals surface area contributed by atoms with Crippen molar-refractivity contribution in [1.82, 2.24) is 10.2 Å². The Morgan fingerprint density at radius 3 is 2.95 bits per heavy atom. The second-order valence-electron chi connectivity index (χ2n) is 5.24. The van der Waals surface area contributed by atoms with Gasteiger partial charge in [-0.05, 0) is 24.0 Å². The number of hydrogen-bond acceptors (Lipinski definition) is 3. The Kier molecular flexibility index (Phi) is 6.02. The van der Waals surface area contributed by atoms with Crippen molar-refractivity contribution in [2.75, 3.05) is 33.4 Å². The third-order valence-corrected chi connectivity index (χ3v) is 3.71. The number of carbonyl (C=O) groups is 1. The molecule has 1 N–H and O–H groups in total.